The molecule has 466 valence electrons. The first-order chi connectivity index (χ1) is 41.6. The quantitative estimate of drug-likeness (QED) is 0.0381. The fourth-order valence-electron chi connectivity index (χ4n) is 9.87. The average Bonchev–Trinajstić information content (AvgIpc) is 2.13. The predicted octanol–water partition coefficient (Wildman–Crippen LogP) is 14.4. The van der Waals surface area contributed by atoms with Gasteiger partial charge in [-0.15, -0.1) is 0 Å². The van der Waals surface area contributed by atoms with E-state index in [0.717, 1.165) is 24.2 Å². The van der Waals surface area contributed by atoms with E-state index >= 15 is 0 Å². The summed E-state index contributed by atoms with van der Waals surface area (Å²) < 4.78 is 151. The molecule has 0 spiro atoms. The topological polar surface area (TPSA) is 171 Å². The molecule has 31 heteroatoms. The largest absolute Gasteiger partial charge is 0.481 e. The van der Waals surface area contributed by atoms with E-state index < -0.39 is 94.5 Å². The van der Waals surface area contributed by atoms with E-state index in [-0.39, 0.29) is 137 Å². The monoisotopic (exact) mass is 1610 g/mol. The van der Waals surface area contributed by atoms with Crippen molar-refractivity contribution in [2.75, 3.05) is 56.7 Å². The zero-order valence-electron chi connectivity index (χ0n) is 46.0. The minimum Gasteiger partial charge on any atom is -0.481 e. The van der Waals surface area contributed by atoms with Gasteiger partial charge in [0.25, 0.3) is 11.8 Å². The van der Waals surface area contributed by atoms with Crippen molar-refractivity contribution in [2.45, 2.75) is 44.9 Å². The van der Waals surface area contributed by atoms with E-state index in [9.17, 15) is 63.1 Å². The van der Waals surface area contributed by atoms with Crippen LogP contribution in [0.4, 0.5) is 66.9 Å². The number of anilines is 4. The second-order valence-electron chi connectivity index (χ2n) is 19.9. The number of rotatable bonds is 13. The summed E-state index contributed by atoms with van der Waals surface area (Å²) in [7, 11) is 2.90. The molecule has 88 heavy (non-hydrogen) atoms. The summed E-state index contributed by atoms with van der Waals surface area (Å²) >= 11 is 19.5. The maximum atomic E-state index is 15.0. The molecule has 2 aliphatic heterocycles. The van der Waals surface area contributed by atoms with Crippen LogP contribution in [0.25, 0.3) is 33.8 Å². The Balaban J connectivity index is 0.000000215. The predicted molar refractivity (Wildman–Crippen MR) is 333 cm³/mol. The van der Waals surface area contributed by atoms with Crippen LogP contribution in [0.5, 0.6) is 0 Å². The molecule has 0 radical (unpaired) electrons. The minimum atomic E-state index is -1.67. The molecule has 1 N–H and O–H groups in total. The molecule has 6 heterocycles. The summed E-state index contributed by atoms with van der Waals surface area (Å²) in [5.74, 6) is -14.6. The highest BCUT2D eigenvalue weighted by molar-refractivity contribution is 14.3. The van der Waals surface area contributed by atoms with E-state index in [0.29, 0.717) is 0 Å². The van der Waals surface area contributed by atoms with E-state index in [1.165, 1.54) is 103 Å². The lowest BCUT2D eigenvalue weighted by Gasteiger charge is -2.33. The van der Waals surface area contributed by atoms with Crippen LogP contribution < -0.4 is 9.80 Å². The molecular formula is C57H47Cl2F10I3N10O6. The number of ether oxygens (including phenoxy) is 1. The number of fused-ring (bicyclic) bond motifs is 2. The van der Waals surface area contributed by atoms with Crippen LogP contribution in [0.2, 0.25) is 10.0 Å². The number of carbonyl (C=O) groups excluding carboxylic acids is 3. The fraction of sp³-hybridized carbons (Fsp3) is 0.298. The Morgan fingerprint density at radius 3 is 1.33 bits per heavy atom. The molecule has 4 atom stereocenters. The van der Waals surface area contributed by atoms with Gasteiger partial charge in [0.1, 0.15) is 35.6 Å². The van der Waals surface area contributed by atoms with Gasteiger partial charge in [0.2, 0.25) is 0 Å². The van der Waals surface area contributed by atoms with Gasteiger partial charge in [-0.05, 0) is 68.3 Å². The zero-order chi connectivity index (χ0) is 64.2. The third-order valence-corrected chi connectivity index (χ3v) is 14.8. The molecule has 0 saturated carbocycles. The summed E-state index contributed by atoms with van der Waals surface area (Å²) in [4.78, 5) is 63.3. The third-order valence-electron chi connectivity index (χ3n) is 14.1. The maximum Gasteiger partial charge on any atom is 0.306 e. The SMILES string of the molecule is CCOC(=O)C[C@@H]1CCN(C(=O)c2cc3nc(-c4cc(F)c(F)c(F)c4)cc(N(C)c4c(F)cccc4Cl)n3n2)C[C@@H]1F.CN(c1c(F)cccc1Cl)c1cc(-c2cc(F)c(F)c(F)c2)nc2cc(C(=O)N3CC[C@@H](CC(=O)O)[C@@H](F)C3)nn12.IC(I)I. The van der Waals surface area contributed by atoms with Crippen molar-refractivity contribution in [3.05, 3.63) is 153 Å². The smallest absolute Gasteiger partial charge is 0.306 e. The molecule has 4 aromatic heterocycles. The number of piperidine rings is 2. The van der Waals surface area contributed by atoms with Gasteiger partial charge in [-0.3, -0.25) is 19.2 Å². The normalized spacial score (nSPS) is 16.7. The summed E-state index contributed by atoms with van der Waals surface area (Å²) in [6.07, 6.45) is -3.13. The second-order valence-corrected chi connectivity index (χ2v) is 31.6. The van der Waals surface area contributed by atoms with Crippen molar-refractivity contribution in [1.82, 2.24) is 39.0 Å². The van der Waals surface area contributed by atoms with Crippen LogP contribution in [0, 0.1) is 58.4 Å². The number of carboxylic acids is 1. The van der Waals surface area contributed by atoms with Crippen molar-refractivity contribution in [3.63, 3.8) is 0 Å². The summed E-state index contributed by atoms with van der Waals surface area (Å²) in [5, 5.41) is 17.7. The summed E-state index contributed by atoms with van der Waals surface area (Å²) in [6.45, 7) is 1.47. The van der Waals surface area contributed by atoms with Gasteiger partial charge in [-0.2, -0.15) is 19.2 Å². The first kappa shape index (κ1) is 67.6. The summed E-state index contributed by atoms with van der Waals surface area (Å²) in [6, 6.07) is 16.2. The number of aliphatic carboxylic acids is 1. The Morgan fingerprint density at radius 2 is 0.989 bits per heavy atom. The van der Waals surface area contributed by atoms with Gasteiger partial charge in [0.05, 0.1) is 65.3 Å². The molecule has 0 unspecified atom stereocenters. The highest BCUT2D eigenvalue weighted by Crippen LogP contribution is 2.38. The number of para-hydroxylation sites is 2. The van der Waals surface area contributed by atoms with Gasteiger partial charge in [-0.1, -0.05) is 103 Å². The van der Waals surface area contributed by atoms with Crippen LogP contribution >= 0.6 is 91.0 Å². The van der Waals surface area contributed by atoms with Crippen LogP contribution in [-0.2, 0) is 14.3 Å². The zero-order valence-corrected chi connectivity index (χ0v) is 53.9. The molecule has 4 aromatic carbocycles. The minimum absolute atomic E-state index is 0.00265. The lowest BCUT2D eigenvalue weighted by Crippen LogP contribution is -2.45. The Labute approximate surface area is 545 Å². The molecule has 2 aliphatic rings. The van der Waals surface area contributed by atoms with Crippen molar-refractivity contribution >= 4 is 149 Å². The number of nitrogens with zero attached hydrogens (tertiary/aromatic N) is 10. The van der Waals surface area contributed by atoms with Crippen molar-refractivity contribution < 1.29 is 72.9 Å². The van der Waals surface area contributed by atoms with Gasteiger partial charge in [-0.25, -0.2) is 53.9 Å². The van der Waals surface area contributed by atoms with Gasteiger partial charge in [0, 0.05) is 74.4 Å². The van der Waals surface area contributed by atoms with Crippen LogP contribution in [0.15, 0.2) is 84.9 Å². The molecule has 8 aromatic rings. The van der Waals surface area contributed by atoms with Gasteiger partial charge in [0.15, 0.2) is 57.6 Å². The first-order valence-electron chi connectivity index (χ1n) is 26.3. The Bertz CT molecular complexity index is 3880. The second kappa shape index (κ2) is 29.1. The first-order valence-corrected chi connectivity index (χ1v) is 30.8. The number of hydrogen-bond acceptors (Lipinski definition) is 11. The number of hydrogen-bond donors (Lipinski definition) is 1. The van der Waals surface area contributed by atoms with E-state index in [2.05, 4.69) is 87.9 Å². The van der Waals surface area contributed by atoms with Crippen molar-refractivity contribution in [1.29, 1.82) is 0 Å². The molecule has 2 saturated heterocycles. The average molecular weight is 1610 g/mol. The van der Waals surface area contributed by atoms with Gasteiger partial charge < -0.3 is 29.4 Å². The number of carbonyl (C=O) groups is 4. The van der Waals surface area contributed by atoms with Crippen molar-refractivity contribution in [3.8, 4) is 22.5 Å². The number of benzene rings is 4. The number of amides is 2. The van der Waals surface area contributed by atoms with Crippen LogP contribution in [0.1, 0.15) is 53.6 Å². The number of likely N-dealkylation sites (tertiary alicyclic amines) is 2. The Kier molecular flexibility index (Phi) is 22.3. The van der Waals surface area contributed by atoms with E-state index in [1.807, 2.05) is 0 Å². The highest BCUT2D eigenvalue weighted by atomic mass is 127. The number of carboxylic acid groups (broad SMARTS) is 1. The number of esters is 1. The Morgan fingerprint density at radius 1 is 0.614 bits per heavy atom. The molecule has 16 nitrogen and oxygen atoms in total. The van der Waals surface area contributed by atoms with Crippen molar-refractivity contribution in [2.24, 2.45) is 11.8 Å². The molecule has 0 bridgehead atoms. The third kappa shape index (κ3) is 15.4. The number of alkyl halides is 5. The molecule has 10 rings (SSSR count). The van der Waals surface area contributed by atoms with Crippen LogP contribution in [-0.4, -0.2) is 127 Å². The maximum absolute atomic E-state index is 15.0. The lowest BCUT2D eigenvalue weighted by molar-refractivity contribution is -0.145. The van der Waals surface area contributed by atoms with Gasteiger partial charge >= 0.3 is 11.9 Å². The molecular weight excluding hydrogens is 1560 g/mol. The molecule has 2 fully saturated rings. The number of halogens is 15. The van der Waals surface area contributed by atoms with Crippen LogP contribution in [0.3, 0.4) is 0 Å². The molecule has 0 aliphatic carbocycles. The fourth-order valence-corrected chi connectivity index (χ4v) is 10.5. The number of aromatic nitrogens is 6. The van der Waals surface area contributed by atoms with E-state index in [1.54, 1.807) is 6.92 Å². The Hall–Kier alpha value is -6.33. The standard InChI is InChI=1S/C29H25ClF5N5O3.C27H21ClF5N5O3.CHI3/c1-3-43-26(41)11-15-7-8-39(14-21(15)34)29(42)23-12-24-36-22(16-9-19(32)27(35)20(33)10-16)13-25(40(24)37-23)38(2)28-17(30)5-4-6-18(28)31;1-36(26-15(28)3-2-4-16(26)29)23-11-20(14-7-17(30)25(33)18(31)8-14)34-22-10-21(35-38(22)23)27(41)37-6-5-13(9-24(39)40)19(32)12-37;2-1(3)4/h4-6,9-10,12-13,15,21H,3,7-8,11,14H2,1-2H3;2-4,7-8,10-11,13,19H,5-6,9,12H2,1H3,(H,39,40);1H/t15-,21-;13-,19-;/m00./s1. The van der Waals surface area contributed by atoms with E-state index in [4.69, 9.17) is 33.0 Å². The summed E-state index contributed by atoms with van der Waals surface area (Å²) in [5.41, 5.74) is -0.782. The lowest BCUT2D eigenvalue weighted by atomic mass is 9.91. The highest BCUT2D eigenvalue weighted by Gasteiger charge is 2.36. The molecule has 2 amide bonds.